The first-order valence-corrected chi connectivity index (χ1v) is 12.7. The Morgan fingerprint density at radius 2 is 1.51 bits per heavy atom. The molecule has 3 aromatic rings. The van der Waals surface area contributed by atoms with Gasteiger partial charge in [0.15, 0.2) is 0 Å². The minimum Gasteiger partial charge on any atom is -0.507 e. The second kappa shape index (κ2) is 10.1. The van der Waals surface area contributed by atoms with Gasteiger partial charge in [0.2, 0.25) is 0 Å². The summed E-state index contributed by atoms with van der Waals surface area (Å²) in [5.41, 5.74) is 5.90. The number of anilines is 1. The van der Waals surface area contributed by atoms with Crippen LogP contribution < -0.4 is 4.90 Å². The van der Waals surface area contributed by atoms with Crippen LogP contribution in [-0.2, 0) is 40.1 Å². The molecule has 0 radical (unpaired) electrons. The molecule has 0 aromatic heterocycles. The average Bonchev–Trinajstić information content (AvgIpc) is 3.18. The van der Waals surface area contributed by atoms with Gasteiger partial charge in [-0.05, 0) is 78.1 Å². The van der Waals surface area contributed by atoms with E-state index in [1.54, 1.807) is 24.3 Å². The average molecular weight is 496 g/mol. The van der Waals surface area contributed by atoms with Crippen molar-refractivity contribution in [2.75, 3.05) is 4.90 Å². The summed E-state index contributed by atoms with van der Waals surface area (Å²) in [5, 5.41) is 20.6. The van der Waals surface area contributed by atoms with Gasteiger partial charge in [-0.25, -0.2) is 0 Å². The molecule has 5 rings (SSSR count). The van der Waals surface area contributed by atoms with Gasteiger partial charge in [-0.3, -0.25) is 19.3 Å². The molecule has 6 heteroatoms. The van der Waals surface area contributed by atoms with Crippen LogP contribution in [0.1, 0.15) is 59.2 Å². The van der Waals surface area contributed by atoms with Crippen molar-refractivity contribution in [3.8, 4) is 0 Å². The maximum atomic E-state index is 13.4. The summed E-state index contributed by atoms with van der Waals surface area (Å²) >= 11 is 0. The zero-order valence-corrected chi connectivity index (χ0v) is 20.7. The topological polar surface area (TPSA) is 94.9 Å². The van der Waals surface area contributed by atoms with E-state index in [2.05, 4.69) is 6.92 Å². The molecule has 1 aliphatic heterocycles. The number of aliphatic hydroxyl groups is 1. The quantitative estimate of drug-likeness (QED) is 0.272. The van der Waals surface area contributed by atoms with Gasteiger partial charge in [0.25, 0.3) is 11.7 Å². The maximum Gasteiger partial charge on any atom is 0.307 e. The van der Waals surface area contributed by atoms with Gasteiger partial charge >= 0.3 is 5.97 Å². The van der Waals surface area contributed by atoms with Crippen LogP contribution in [0.25, 0.3) is 5.76 Å². The molecule has 0 bridgehead atoms. The van der Waals surface area contributed by atoms with Gasteiger partial charge in [0.05, 0.1) is 18.0 Å². The zero-order chi connectivity index (χ0) is 26.1. The highest BCUT2D eigenvalue weighted by molar-refractivity contribution is 6.51. The van der Waals surface area contributed by atoms with E-state index < -0.39 is 23.7 Å². The predicted octanol–water partition coefficient (Wildman–Crippen LogP) is 5.38. The van der Waals surface area contributed by atoms with Gasteiger partial charge in [0, 0.05) is 11.3 Å². The van der Waals surface area contributed by atoms with Crippen LogP contribution in [0.2, 0.25) is 0 Å². The third kappa shape index (κ3) is 4.67. The Kier molecular flexibility index (Phi) is 6.66. The number of fused-ring (bicyclic) bond motifs is 1. The van der Waals surface area contributed by atoms with Crippen LogP contribution in [-0.4, -0.2) is 27.9 Å². The molecule has 1 saturated heterocycles. The zero-order valence-electron chi connectivity index (χ0n) is 20.7. The van der Waals surface area contributed by atoms with E-state index in [1.807, 2.05) is 42.5 Å². The SMILES string of the molecule is CCc1ccc(C2/C(=C(/O)c3ccc4c(c3)CCCC4)C(=O)C(=O)N2c2ccc(CC(=O)O)cc2)cc1. The number of carboxylic acids is 1. The van der Waals surface area contributed by atoms with E-state index in [1.165, 1.54) is 16.0 Å². The van der Waals surface area contributed by atoms with E-state index in [9.17, 15) is 19.5 Å². The monoisotopic (exact) mass is 495 g/mol. The van der Waals surface area contributed by atoms with Crippen molar-refractivity contribution in [2.24, 2.45) is 0 Å². The number of carboxylic acid groups (broad SMARTS) is 1. The highest BCUT2D eigenvalue weighted by Gasteiger charge is 2.47. The molecule has 1 heterocycles. The van der Waals surface area contributed by atoms with Crippen molar-refractivity contribution < 1.29 is 24.6 Å². The number of hydrogen-bond donors (Lipinski definition) is 2. The van der Waals surface area contributed by atoms with E-state index in [4.69, 9.17) is 5.11 Å². The molecule has 6 nitrogen and oxygen atoms in total. The number of benzene rings is 3. The fourth-order valence-corrected chi connectivity index (χ4v) is 5.34. The second-order valence-electron chi connectivity index (χ2n) is 9.69. The van der Waals surface area contributed by atoms with Crippen LogP contribution in [0.4, 0.5) is 5.69 Å². The number of hydrogen-bond acceptors (Lipinski definition) is 4. The van der Waals surface area contributed by atoms with Crippen molar-refractivity contribution in [3.05, 3.63) is 106 Å². The van der Waals surface area contributed by atoms with Gasteiger partial charge in [-0.2, -0.15) is 0 Å². The lowest BCUT2D eigenvalue weighted by atomic mass is 9.88. The largest absolute Gasteiger partial charge is 0.507 e. The number of carbonyl (C=O) groups excluding carboxylic acids is 2. The number of rotatable bonds is 6. The fraction of sp³-hybridized carbons (Fsp3) is 0.258. The van der Waals surface area contributed by atoms with Gasteiger partial charge < -0.3 is 10.2 Å². The van der Waals surface area contributed by atoms with Crippen LogP contribution in [0, 0.1) is 0 Å². The smallest absolute Gasteiger partial charge is 0.307 e. The minimum absolute atomic E-state index is 0.0552. The molecular formula is C31H29NO5. The number of amides is 1. The molecular weight excluding hydrogens is 466 g/mol. The lowest BCUT2D eigenvalue weighted by molar-refractivity contribution is -0.136. The minimum atomic E-state index is -0.950. The highest BCUT2D eigenvalue weighted by atomic mass is 16.4. The molecule has 2 aliphatic rings. The number of ketones is 1. The van der Waals surface area contributed by atoms with Crippen LogP contribution in [0.3, 0.4) is 0 Å². The summed E-state index contributed by atoms with van der Waals surface area (Å²) in [6.07, 6.45) is 4.86. The Bertz CT molecular complexity index is 1400. The van der Waals surface area contributed by atoms with Gasteiger partial charge in [-0.1, -0.05) is 55.5 Å². The Labute approximate surface area is 215 Å². The summed E-state index contributed by atoms with van der Waals surface area (Å²) in [5.74, 6) is -2.60. The van der Waals surface area contributed by atoms with Crippen molar-refractivity contribution in [1.29, 1.82) is 0 Å². The number of nitrogens with zero attached hydrogens (tertiary/aromatic N) is 1. The highest BCUT2D eigenvalue weighted by Crippen LogP contribution is 2.42. The first-order chi connectivity index (χ1) is 17.9. The third-order valence-electron chi connectivity index (χ3n) is 7.34. The first-order valence-electron chi connectivity index (χ1n) is 12.7. The van der Waals surface area contributed by atoms with Crippen LogP contribution >= 0.6 is 0 Å². The van der Waals surface area contributed by atoms with Crippen molar-refractivity contribution >= 4 is 29.1 Å². The van der Waals surface area contributed by atoms with Crippen molar-refractivity contribution in [3.63, 3.8) is 0 Å². The Morgan fingerprint density at radius 1 is 0.865 bits per heavy atom. The molecule has 1 aliphatic carbocycles. The molecule has 0 spiro atoms. The molecule has 1 amide bonds. The van der Waals surface area contributed by atoms with E-state index in [0.717, 1.165) is 37.7 Å². The molecule has 0 saturated carbocycles. The Hall–Kier alpha value is -4.19. The lowest BCUT2D eigenvalue weighted by Crippen LogP contribution is -2.29. The summed E-state index contributed by atoms with van der Waals surface area (Å²) in [4.78, 5) is 39.3. The molecule has 1 unspecified atom stereocenters. The normalized spacial score (nSPS) is 18.6. The number of carbonyl (C=O) groups is 3. The van der Waals surface area contributed by atoms with Crippen molar-refractivity contribution in [2.45, 2.75) is 51.5 Å². The maximum absolute atomic E-state index is 13.4. The summed E-state index contributed by atoms with van der Waals surface area (Å²) in [6, 6.07) is 19.2. The van der Waals surface area contributed by atoms with Crippen LogP contribution in [0.15, 0.2) is 72.3 Å². The van der Waals surface area contributed by atoms with Crippen molar-refractivity contribution in [1.82, 2.24) is 0 Å². The number of Topliss-reactive ketones (excluding diaryl/α,β-unsaturated/α-hetero) is 1. The fourth-order valence-electron chi connectivity index (χ4n) is 5.34. The molecule has 3 aromatic carbocycles. The first kappa shape index (κ1) is 24.5. The van der Waals surface area contributed by atoms with E-state index in [-0.39, 0.29) is 17.8 Å². The summed E-state index contributed by atoms with van der Waals surface area (Å²) in [6.45, 7) is 2.05. The standard InChI is InChI=1S/C31H29NO5/c1-2-19-7-11-22(12-8-19)28-27(29(35)24-14-13-21-5-3-4-6-23(21)18-24)30(36)31(37)32(28)25-15-9-20(10-16-25)17-26(33)34/h7-16,18,28,35H,2-6,17H2,1H3,(H,33,34)/b29-27-. The van der Waals surface area contributed by atoms with E-state index in [0.29, 0.717) is 22.4 Å². The molecule has 188 valence electrons. The van der Waals surface area contributed by atoms with Crippen LogP contribution in [0.5, 0.6) is 0 Å². The van der Waals surface area contributed by atoms with Gasteiger partial charge in [0.1, 0.15) is 5.76 Å². The number of aryl methyl sites for hydroxylation is 3. The Balaban J connectivity index is 1.63. The predicted molar refractivity (Wildman–Crippen MR) is 141 cm³/mol. The second-order valence-corrected chi connectivity index (χ2v) is 9.69. The molecule has 37 heavy (non-hydrogen) atoms. The number of aliphatic carboxylic acids is 1. The Morgan fingerprint density at radius 3 is 2.16 bits per heavy atom. The molecule has 1 fully saturated rings. The van der Waals surface area contributed by atoms with Gasteiger partial charge in [-0.15, -0.1) is 0 Å². The summed E-state index contributed by atoms with van der Waals surface area (Å²) in [7, 11) is 0. The molecule has 1 atom stereocenters. The summed E-state index contributed by atoms with van der Waals surface area (Å²) < 4.78 is 0. The van der Waals surface area contributed by atoms with E-state index >= 15 is 0 Å². The number of aliphatic hydroxyl groups excluding tert-OH is 1. The molecule has 2 N–H and O–H groups in total. The lowest BCUT2D eigenvalue weighted by Gasteiger charge is -2.26. The third-order valence-corrected chi connectivity index (χ3v) is 7.34.